The van der Waals surface area contributed by atoms with E-state index in [0.717, 1.165) is 43.2 Å². The van der Waals surface area contributed by atoms with Gasteiger partial charge in [-0.2, -0.15) is 0 Å². The molecular formula is C16H23N3O2. The highest BCUT2D eigenvalue weighted by Crippen LogP contribution is 2.27. The SMILES string of the molecule is COCCNCCN(C)c1nccc2ccc(OC)cc12. The van der Waals surface area contributed by atoms with Crippen molar-refractivity contribution in [2.24, 2.45) is 0 Å². The minimum Gasteiger partial charge on any atom is -0.497 e. The number of nitrogens with zero attached hydrogens (tertiary/aromatic N) is 2. The summed E-state index contributed by atoms with van der Waals surface area (Å²) in [7, 11) is 5.45. The number of fused-ring (bicyclic) bond motifs is 1. The van der Waals surface area contributed by atoms with E-state index in [2.05, 4.69) is 28.3 Å². The Morgan fingerprint density at radius 1 is 1.19 bits per heavy atom. The Kier molecular flexibility index (Phi) is 5.78. The van der Waals surface area contributed by atoms with Gasteiger partial charge in [-0.25, -0.2) is 4.98 Å². The van der Waals surface area contributed by atoms with E-state index >= 15 is 0 Å². The summed E-state index contributed by atoms with van der Waals surface area (Å²) in [6, 6.07) is 8.08. The van der Waals surface area contributed by atoms with Crippen LogP contribution in [0.5, 0.6) is 5.75 Å². The second-order valence-corrected chi connectivity index (χ2v) is 4.89. The maximum Gasteiger partial charge on any atom is 0.136 e. The third-order valence-electron chi connectivity index (χ3n) is 3.42. The number of benzene rings is 1. The standard InChI is InChI=1S/C16H23N3O2/c1-19(10-8-17-9-11-20-2)16-15-12-14(21-3)5-4-13(15)6-7-18-16/h4-7,12,17H,8-11H2,1-3H3. The van der Waals surface area contributed by atoms with Crippen molar-refractivity contribution in [2.45, 2.75) is 0 Å². The Labute approximate surface area is 125 Å². The summed E-state index contributed by atoms with van der Waals surface area (Å²) in [6.07, 6.45) is 1.85. The fraction of sp³-hybridized carbons (Fsp3) is 0.438. The van der Waals surface area contributed by atoms with E-state index in [0.29, 0.717) is 0 Å². The number of ether oxygens (including phenoxy) is 2. The van der Waals surface area contributed by atoms with Crippen LogP contribution in [0.25, 0.3) is 10.8 Å². The van der Waals surface area contributed by atoms with E-state index in [4.69, 9.17) is 9.47 Å². The lowest BCUT2D eigenvalue weighted by molar-refractivity contribution is 0.200. The molecule has 1 aromatic heterocycles. The van der Waals surface area contributed by atoms with Crippen LogP contribution in [0.2, 0.25) is 0 Å². The summed E-state index contributed by atoms with van der Waals surface area (Å²) in [5.41, 5.74) is 0. The third kappa shape index (κ3) is 4.06. The molecule has 1 heterocycles. The molecule has 1 aromatic carbocycles. The number of rotatable bonds is 8. The molecule has 0 amide bonds. The van der Waals surface area contributed by atoms with Gasteiger partial charge in [0.25, 0.3) is 0 Å². The van der Waals surface area contributed by atoms with E-state index in [-0.39, 0.29) is 0 Å². The summed E-state index contributed by atoms with van der Waals surface area (Å²) in [5, 5.41) is 5.61. The molecule has 21 heavy (non-hydrogen) atoms. The molecule has 0 saturated heterocycles. The minimum absolute atomic E-state index is 0.730. The van der Waals surface area contributed by atoms with Crippen molar-refractivity contribution in [3.05, 3.63) is 30.5 Å². The van der Waals surface area contributed by atoms with Gasteiger partial charge in [-0.3, -0.25) is 0 Å². The first-order valence-electron chi connectivity index (χ1n) is 7.10. The van der Waals surface area contributed by atoms with Gasteiger partial charge in [-0.05, 0) is 23.6 Å². The summed E-state index contributed by atoms with van der Waals surface area (Å²) >= 11 is 0. The number of aromatic nitrogens is 1. The van der Waals surface area contributed by atoms with E-state index in [1.807, 2.05) is 24.4 Å². The van der Waals surface area contributed by atoms with Crippen LogP contribution >= 0.6 is 0 Å². The second-order valence-electron chi connectivity index (χ2n) is 4.89. The lowest BCUT2D eigenvalue weighted by atomic mass is 10.1. The van der Waals surface area contributed by atoms with Crippen LogP contribution in [-0.2, 0) is 4.74 Å². The average molecular weight is 289 g/mol. The first-order chi connectivity index (χ1) is 10.3. The molecule has 0 atom stereocenters. The van der Waals surface area contributed by atoms with Crippen molar-refractivity contribution in [1.82, 2.24) is 10.3 Å². The number of nitrogens with one attached hydrogen (secondary N) is 1. The van der Waals surface area contributed by atoms with Crippen LogP contribution < -0.4 is 15.0 Å². The molecule has 0 aliphatic rings. The zero-order valence-electron chi connectivity index (χ0n) is 12.9. The first kappa shape index (κ1) is 15.5. The molecule has 114 valence electrons. The topological polar surface area (TPSA) is 46.6 Å². The molecule has 0 spiro atoms. The Morgan fingerprint density at radius 3 is 2.81 bits per heavy atom. The molecule has 0 unspecified atom stereocenters. The number of anilines is 1. The Morgan fingerprint density at radius 2 is 2.05 bits per heavy atom. The van der Waals surface area contributed by atoms with Crippen LogP contribution in [0.4, 0.5) is 5.82 Å². The molecule has 5 heteroatoms. The Bertz CT molecular complexity index is 574. The zero-order valence-corrected chi connectivity index (χ0v) is 12.9. The molecule has 0 aliphatic carbocycles. The summed E-state index contributed by atoms with van der Waals surface area (Å²) in [4.78, 5) is 6.67. The van der Waals surface area contributed by atoms with E-state index in [9.17, 15) is 0 Å². The lowest BCUT2D eigenvalue weighted by Gasteiger charge is -2.20. The average Bonchev–Trinajstić information content (AvgIpc) is 2.53. The third-order valence-corrected chi connectivity index (χ3v) is 3.42. The van der Waals surface area contributed by atoms with Crippen LogP contribution in [0, 0.1) is 0 Å². The van der Waals surface area contributed by atoms with Crippen LogP contribution in [0.15, 0.2) is 30.5 Å². The van der Waals surface area contributed by atoms with Crippen molar-refractivity contribution >= 4 is 16.6 Å². The molecule has 0 radical (unpaired) electrons. The van der Waals surface area contributed by atoms with Gasteiger partial charge < -0.3 is 19.7 Å². The van der Waals surface area contributed by atoms with Gasteiger partial charge in [-0.15, -0.1) is 0 Å². The van der Waals surface area contributed by atoms with Gasteiger partial charge >= 0.3 is 0 Å². The number of likely N-dealkylation sites (N-methyl/N-ethyl adjacent to an activating group) is 1. The zero-order chi connectivity index (χ0) is 15.1. The Balaban J connectivity index is 2.09. The summed E-state index contributed by atoms with van der Waals surface area (Å²) in [6.45, 7) is 3.36. The number of hydrogen-bond acceptors (Lipinski definition) is 5. The van der Waals surface area contributed by atoms with Crippen molar-refractivity contribution in [1.29, 1.82) is 0 Å². The Hall–Kier alpha value is -1.85. The predicted octanol–water partition coefficient (Wildman–Crippen LogP) is 1.92. The molecule has 0 saturated carbocycles. The molecule has 5 nitrogen and oxygen atoms in total. The normalized spacial score (nSPS) is 10.8. The highest BCUT2D eigenvalue weighted by Gasteiger charge is 2.08. The van der Waals surface area contributed by atoms with Crippen molar-refractivity contribution in [3.8, 4) is 5.75 Å². The molecule has 1 N–H and O–H groups in total. The molecule has 0 bridgehead atoms. The number of pyridine rings is 1. The smallest absolute Gasteiger partial charge is 0.136 e. The molecule has 0 fully saturated rings. The number of hydrogen-bond donors (Lipinski definition) is 1. The van der Waals surface area contributed by atoms with Gasteiger partial charge in [-0.1, -0.05) is 6.07 Å². The first-order valence-corrected chi connectivity index (χ1v) is 7.10. The lowest BCUT2D eigenvalue weighted by Crippen LogP contribution is -2.31. The predicted molar refractivity (Wildman–Crippen MR) is 86.3 cm³/mol. The largest absolute Gasteiger partial charge is 0.497 e. The highest BCUT2D eigenvalue weighted by molar-refractivity contribution is 5.93. The van der Waals surface area contributed by atoms with Crippen LogP contribution in [0.3, 0.4) is 0 Å². The minimum atomic E-state index is 0.730. The van der Waals surface area contributed by atoms with Crippen molar-refractivity contribution in [2.75, 3.05) is 52.4 Å². The van der Waals surface area contributed by atoms with Gasteiger partial charge in [0.05, 0.1) is 13.7 Å². The van der Waals surface area contributed by atoms with E-state index in [1.54, 1.807) is 14.2 Å². The fourth-order valence-corrected chi connectivity index (χ4v) is 2.22. The van der Waals surface area contributed by atoms with Gasteiger partial charge in [0.1, 0.15) is 11.6 Å². The monoisotopic (exact) mass is 289 g/mol. The second kappa shape index (κ2) is 7.81. The van der Waals surface area contributed by atoms with Gasteiger partial charge in [0.2, 0.25) is 0 Å². The highest BCUT2D eigenvalue weighted by atomic mass is 16.5. The maximum atomic E-state index is 5.31. The molecule has 2 aromatic rings. The van der Waals surface area contributed by atoms with E-state index < -0.39 is 0 Å². The molecule has 0 aliphatic heterocycles. The van der Waals surface area contributed by atoms with Gasteiger partial charge in [0.15, 0.2) is 0 Å². The number of methoxy groups -OCH3 is 2. The van der Waals surface area contributed by atoms with Crippen LogP contribution in [-0.4, -0.2) is 52.5 Å². The molecule has 2 rings (SSSR count). The quantitative estimate of drug-likeness (QED) is 0.752. The maximum absolute atomic E-state index is 5.31. The van der Waals surface area contributed by atoms with Crippen LogP contribution in [0.1, 0.15) is 0 Å². The summed E-state index contributed by atoms with van der Waals surface area (Å²) in [5.74, 6) is 1.82. The van der Waals surface area contributed by atoms with Crippen molar-refractivity contribution in [3.63, 3.8) is 0 Å². The molecular weight excluding hydrogens is 266 g/mol. The fourth-order valence-electron chi connectivity index (χ4n) is 2.22. The van der Waals surface area contributed by atoms with E-state index in [1.165, 1.54) is 5.39 Å². The van der Waals surface area contributed by atoms with Crippen molar-refractivity contribution < 1.29 is 9.47 Å². The van der Waals surface area contributed by atoms with Gasteiger partial charge in [0, 0.05) is 45.4 Å². The summed E-state index contributed by atoms with van der Waals surface area (Å²) < 4.78 is 10.3.